The molecule has 2 saturated carbocycles. The molecule has 1 heterocycles. The highest BCUT2D eigenvalue weighted by Gasteiger charge is 2.57. The molecule has 13 heavy (non-hydrogen) atoms. The lowest BCUT2D eigenvalue weighted by molar-refractivity contribution is -0.120. The number of fused-ring (bicyclic) bond motifs is 3. The zero-order chi connectivity index (χ0) is 9.05. The van der Waals surface area contributed by atoms with Crippen molar-refractivity contribution in [1.82, 2.24) is 5.32 Å². The van der Waals surface area contributed by atoms with E-state index < -0.39 is 0 Å². The summed E-state index contributed by atoms with van der Waals surface area (Å²) in [4.78, 5) is 11.4. The number of hydrogen-bond acceptors (Lipinski definition) is 1. The van der Waals surface area contributed by atoms with E-state index in [2.05, 4.69) is 12.2 Å². The fourth-order valence-electron chi connectivity index (χ4n) is 4.12. The summed E-state index contributed by atoms with van der Waals surface area (Å²) in [5.74, 6) is 2.09. The number of carbonyl (C=O) groups is 1. The van der Waals surface area contributed by atoms with E-state index >= 15 is 0 Å². The van der Waals surface area contributed by atoms with Gasteiger partial charge in [0.05, 0.1) is 0 Å². The SMILES string of the molecule is CC1NC(=O)CC12CC1CCC2C1. The molecule has 4 atom stereocenters. The Morgan fingerprint density at radius 3 is 2.77 bits per heavy atom. The molecule has 0 aromatic carbocycles. The first kappa shape index (κ1) is 7.84. The van der Waals surface area contributed by atoms with Gasteiger partial charge in [-0.3, -0.25) is 4.79 Å². The first-order valence-corrected chi connectivity index (χ1v) is 5.50. The van der Waals surface area contributed by atoms with Crippen LogP contribution >= 0.6 is 0 Å². The summed E-state index contributed by atoms with van der Waals surface area (Å²) in [7, 11) is 0. The monoisotopic (exact) mass is 179 g/mol. The van der Waals surface area contributed by atoms with Crippen LogP contribution in [0.4, 0.5) is 0 Å². The molecule has 1 aliphatic heterocycles. The topological polar surface area (TPSA) is 29.1 Å². The minimum Gasteiger partial charge on any atom is -0.353 e. The maximum atomic E-state index is 11.4. The molecule has 0 aromatic heterocycles. The number of hydrogen-bond donors (Lipinski definition) is 1. The molecule has 1 spiro atoms. The van der Waals surface area contributed by atoms with Gasteiger partial charge in [-0.25, -0.2) is 0 Å². The van der Waals surface area contributed by atoms with Crippen LogP contribution in [0, 0.1) is 17.3 Å². The molecule has 2 heteroatoms. The largest absolute Gasteiger partial charge is 0.353 e. The molecule has 3 aliphatic rings. The van der Waals surface area contributed by atoms with Crippen molar-refractivity contribution >= 4 is 5.91 Å². The molecular formula is C11H17NO. The minimum absolute atomic E-state index is 0.292. The highest BCUT2D eigenvalue weighted by atomic mass is 16.2. The second-order valence-corrected chi connectivity index (χ2v) is 5.28. The molecule has 0 radical (unpaired) electrons. The molecule has 2 aliphatic carbocycles. The molecule has 1 saturated heterocycles. The Labute approximate surface area is 79.1 Å². The van der Waals surface area contributed by atoms with Crippen molar-refractivity contribution in [2.75, 3.05) is 0 Å². The van der Waals surface area contributed by atoms with Gasteiger partial charge in [-0.05, 0) is 38.0 Å². The van der Waals surface area contributed by atoms with Gasteiger partial charge in [0.25, 0.3) is 0 Å². The molecule has 3 rings (SSSR count). The maximum absolute atomic E-state index is 11.4. The first-order valence-electron chi connectivity index (χ1n) is 5.50. The molecule has 2 nitrogen and oxygen atoms in total. The van der Waals surface area contributed by atoms with Crippen LogP contribution in [0.15, 0.2) is 0 Å². The second kappa shape index (κ2) is 2.28. The molecule has 0 aromatic rings. The zero-order valence-electron chi connectivity index (χ0n) is 8.18. The zero-order valence-corrected chi connectivity index (χ0v) is 8.18. The fraction of sp³-hybridized carbons (Fsp3) is 0.909. The van der Waals surface area contributed by atoms with Gasteiger partial charge in [0, 0.05) is 17.9 Å². The van der Waals surface area contributed by atoms with Crippen LogP contribution in [0.5, 0.6) is 0 Å². The van der Waals surface area contributed by atoms with Crippen molar-refractivity contribution in [1.29, 1.82) is 0 Å². The van der Waals surface area contributed by atoms with Crippen LogP contribution in [0.1, 0.15) is 39.0 Å². The van der Waals surface area contributed by atoms with E-state index in [1.807, 2.05) is 0 Å². The van der Waals surface area contributed by atoms with E-state index in [-0.39, 0.29) is 0 Å². The Morgan fingerprint density at radius 1 is 1.46 bits per heavy atom. The van der Waals surface area contributed by atoms with E-state index in [0.29, 0.717) is 17.4 Å². The van der Waals surface area contributed by atoms with Gasteiger partial charge < -0.3 is 5.32 Å². The molecular weight excluding hydrogens is 162 g/mol. The quantitative estimate of drug-likeness (QED) is 0.602. The van der Waals surface area contributed by atoms with Crippen LogP contribution in [-0.2, 0) is 4.79 Å². The van der Waals surface area contributed by atoms with Crippen LogP contribution in [-0.4, -0.2) is 11.9 Å². The Kier molecular flexibility index (Phi) is 1.38. The number of nitrogens with one attached hydrogen (secondary N) is 1. The second-order valence-electron chi connectivity index (χ2n) is 5.28. The standard InChI is InChI=1S/C11H17NO/c1-7-11(6-10(13)12-7)5-8-2-3-9(11)4-8/h7-9H,2-6H2,1H3,(H,12,13). The van der Waals surface area contributed by atoms with Gasteiger partial charge in [-0.1, -0.05) is 6.42 Å². The highest BCUT2D eigenvalue weighted by Crippen LogP contribution is 2.60. The Balaban J connectivity index is 1.93. The van der Waals surface area contributed by atoms with Gasteiger partial charge in [-0.2, -0.15) is 0 Å². The van der Waals surface area contributed by atoms with Crippen LogP contribution < -0.4 is 5.32 Å². The normalized spacial score (nSPS) is 53.3. The predicted molar refractivity (Wildman–Crippen MR) is 50.1 cm³/mol. The Hall–Kier alpha value is -0.530. The van der Waals surface area contributed by atoms with Crippen molar-refractivity contribution in [3.8, 4) is 0 Å². The van der Waals surface area contributed by atoms with Gasteiger partial charge >= 0.3 is 0 Å². The van der Waals surface area contributed by atoms with Crippen molar-refractivity contribution in [2.45, 2.75) is 45.1 Å². The molecule has 2 bridgehead atoms. The summed E-state index contributed by atoms with van der Waals surface area (Å²) in [6.07, 6.45) is 6.34. The average Bonchev–Trinajstić information content (AvgIpc) is 2.68. The van der Waals surface area contributed by atoms with Crippen LogP contribution in [0.2, 0.25) is 0 Å². The van der Waals surface area contributed by atoms with Gasteiger partial charge in [-0.15, -0.1) is 0 Å². The molecule has 3 fully saturated rings. The van der Waals surface area contributed by atoms with Crippen molar-refractivity contribution in [3.05, 3.63) is 0 Å². The van der Waals surface area contributed by atoms with E-state index in [1.54, 1.807) is 0 Å². The first-order chi connectivity index (χ1) is 6.21. The van der Waals surface area contributed by atoms with Crippen molar-refractivity contribution < 1.29 is 4.79 Å². The van der Waals surface area contributed by atoms with Crippen LogP contribution in [0.25, 0.3) is 0 Å². The number of carbonyl (C=O) groups excluding carboxylic acids is 1. The minimum atomic E-state index is 0.292. The Bertz CT molecular complexity index is 263. The third kappa shape index (κ3) is 0.866. The van der Waals surface area contributed by atoms with Gasteiger partial charge in [0.2, 0.25) is 5.91 Å². The van der Waals surface area contributed by atoms with Crippen molar-refractivity contribution in [2.24, 2.45) is 17.3 Å². The summed E-state index contributed by atoms with van der Waals surface area (Å²) in [5.41, 5.74) is 0.375. The van der Waals surface area contributed by atoms with E-state index in [9.17, 15) is 4.79 Å². The average molecular weight is 179 g/mol. The summed E-state index contributed by atoms with van der Waals surface area (Å²) < 4.78 is 0. The van der Waals surface area contributed by atoms with E-state index in [1.165, 1.54) is 25.7 Å². The summed E-state index contributed by atoms with van der Waals surface area (Å²) in [6.45, 7) is 2.20. The molecule has 4 unspecified atom stereocenters. The Morgan fingerprint density at radius 2 is 2.31 bits per heavy atom. The number of amides is 1. The van der Waals surface area contributed by atoms with Gasteiger partial charge in [0.15, 0.2) is 0 Å². The lowest BCUT2D eigenvalue weighted by Gasteiger charge is -2.36. The van der Waals surface area contributed by atoms with Crippen LogP contribution in [0.3, 0.4) is 0 Å². The fourth-order valence-corrected chi connectivity index (χ4v) is 4.12. The van der Waals surface area contributed by atoms with Crippen molar-refractivity contribution in [3.63, 3.8) is 0 Å². The van der Waals surface area contributed by atoms with E-state index in [4.69, 9.17) is 0 Å². The third-order valence-corrected chi connectivity index (χ3v) is 4.75. The molecule has 72 valence electrons. The number of rotatable bonds is 0. The predicted octanol–water partition coefficient (Wildman–Crippen LogP) is 1.70. The lowest BCUT2D eigenvalue weighted by Crippen LogP contribution is -2.38. The molecule has 1 N–H and O–H groups in total. The smallest absolute Gasteiger partial charge is 0.220 e. The highest BCUT2D eigenvalue weighted by molar-refractivity contribution is 5.80. The summed E-state index contributed by atoms with van der Waals surface area (Å²) in [6, 6.07) is 0.440. The summed E-state index contributed by atoms with van der Waals surface area (Å²) >= 11 is 0. The third-order valence-electron chi connectivity index (χ3n) is 4.75. The lowest BCUT2D eigenvalue weighted by atomic mass is 9.68. The van der Waals surface area contributed by atoms with E-state index in [0.717, 1.165) is 18.3 Å². The maximum Gasteiger partial charge on any atom is 0.220 e. The summed E-state index contributed by atoms with van der Waals surface area (Å²) in [5, 5.41) is 3.10. The van der Waals surface area contributed by atoms with Gasteiger partial charge in [0.1, 0.15) is 0 Å². The molecule has 1 amide bonds.